The summed E-state index contributed by atoms with van der Waals surface area (Å²) in [5.41, 5.74) is 1.21. The van der Waals surface area contributed by atoms with Crippen LogP contribution < -0.4 is 4.74 Å². The van der Waals surface area contributed by atoms with Gasteiger partial charge in [-0.2, -0.15) is 5.10 Å². The Kier molecular flexibility index (Phi) is 10.00. The second-order valence-electron chi connectivity index (χ2n) is 12.2. The van der Waals surface area contributed by atoms with E-state index in [4.69, 9.17) is 58.5 Å². The number of fused-ring (bicyclic) bond motifs is 1. The molecule has 0 spiro atoms. The molecule has 276 valence electrons. The first-order valence-electron chi connectivity index (χ1n) is 16.4. The van der Waals surface area contributed by atoms with Crippen LogP contribution in [-0.2, 0) is 18.9 Å². The van der Waals surface area contributed by atoms with Crippen molar-refractivity contribution in [3.8, 4) is 22.8 Å². The lowest BCUT2D eigenvalue weighted by atomic mass is 9.90. The fourth-order valence-corrected chi connectivity index (χ4v) is 6.82. The third-order valence-corrected chi connectivity index (χ3v) is 9.62. The summed E-state index contributed by atoms with van der Waals surface area (Å²) < 4.78 is 63.0. The number of halogens is 5. The molecule has 6 aromatic rings. The summed E-state index contributed by atoms with van der Waals surface area (Å²) in [7, 11) is 0. The third kappa shape index (κ3) is 7.13. The number of aromatic nitrogens is 7. The van der Waals surface area contributed by atoms with Gasteiger partial charge in [0.25, 0.3) is 0 Å². The zero-order valence-corrected chi connectivity index (χ0v) is 30.1. The summed E-state index contributed by atoms with van der Waals surface area (Å²) in [5.74, 6) is -1.51. The molecule has 2 saturated heterocycles. The van der Waals surface area contributed by atoms with Crippen LogP contribution in [0.4, 0.5) is 13.6 Å². The molecule has 18 heteroatoms. The van der Waals surface area contributed by atoms with Gasteiger partial charge in [-0.05, 0) is 43.3 Å². The molecule has 5 heterocycles. The van der Waals surface area contributed by atoms with Crippen molar-refractivity contribution >= 4 is 41.0 Å². The van der Waals surface area contributed by atoms with E-state index in [-0.39, 0.29) is 29.6 Å². The quantitative estimate of drug-likeness (QED) is 0.115. The number of carbonyl (C=O) groups is 1. The van der Waals surface area contributed by atoms with Crippen LogP contribution in [0.5, 0.6) is 5.88 Å². The number of aryl methyl sites for hydroxylation is 1. The zero-order chi connectivity index (χ0) is 37.5. The standard InChI is InChI=1S/C36H26Cl3F2N7O6/c1-18-43-34(48(45-18)26-15-21(37)10-11-22(26)38)33-32(54-36(49)52-28-9-5-6-12-42-28)30(31-27(51-33)17-50-35(53-31)19-7-3-2-4-8-19)47-16-25(44-46-47)20-13-23(40)29(39)24(41)14-20/h2-16,27,30-33,35H,17H2,1H3. The van der Waals surface area contributed by atoms with E-state index in [0.717, 1.165) is 12.1 Å². The van der Waals surface area contributed by atoms with Gasteiger partial charge in [0.1, 0.15) is 46.4 Å². The molecule has 3 aromatic heterocycles. The first kappa shape index (κ1) is 36.0. The molecule has 54 heavy (non-hydrogen) atoms. The van der Waals surface area contributed by atoms with Gasteiger partial charge in [-0.25, -0.2) is 32.9 Å². The summed E-state index contributed by atoms with van der Waals surface area (Å²) in [6.45, 7) is 1.68. The second-order valence-corrected chi connectivity index (χ2v) is 13.4. The Morgan fingerprint density at radius 1 is 0.963 bits per heavy atom. The topological polar surface area (TPSA) is 138 Å². The largest absolute Gasteiger partial charge is 0.515 e. The summed E-state index contributed by atoms with van der Waals surface area (Å²) in [5, 5.41) is 13.2. The number of benzene rings is 3. The van der Waals surface area contributed by atoms with E-state index in [1.807, 2.05) is 30.3 Å². The molecule has 6 unspecified atom stereocenters. The summed E-state index contributed by atoms with van der Waals surface area (Å²) in [6, 6.07) is 19.8. The van der Waals surface area contributed by atoms with E-state index in [0.29, 0.717) is 27.1 Å². The maximum Gasteiger partial charge on any atom is 0.515 e. The molecular formula is C36H26Cl3F2N7O6. The molecule has 2 aliphatic rings. The van der Waals surface area contributed by atoms with Gasteiger partial charge in [-0.15, -0.1) is 5.10 Å². The van der Waals surface area contributed by atoms with E-state index >= 15 is 0 Å². The summed E-state index contributed by atoms with van der Waals surface area (Å²) in [4.78, 5) is 22.4. The van der Waals surface area contributed by atoms with Crippen LogP contribution in [0.3, 0.4) is 0 Å². The summed E-state index contributed by atoms with van der Waals surface area (Å²) >= 11 is 18.8. The van der Waals surface area contributed by atoms with Crippen molar-refractivity contribution in [2.45, 2.75) is 43.7 Å². The van der Waals surface area contributed by atoms with Gasteiger partial charge in [0.05, 0.1) is 23.5 Å². The van der Waals surface area contributed by atoms with Crippen molar-refractivity contribution in [2.24, 2.45) is 0 Å². The molecule has 0 radical (unpaired) electrons. The smallest absolute Gasteiger partial charge is 0.425 e. The Morgan fingerprint density at radius 2 is 1.74 bits per heavy atom. The number of pyridine rings is 1. The molecule has 6 atom stereocenters. The molecule has 2 fully saturated rings. The molecule has 13 nitrogen and oxygen atoms in total. The number of ether oxygens (including phenoxy) is 5. The van der Waals surface area contributed by atoms with E-state index in [2.05, 4.69) is 25.4 Å². The van der Waals surface area contributed by atoms with Crippen molar-refractivity contribution in [3.05, 3.63) is 135 Å². The van der Waals surface area contributed by atoms with Crippen LogP contribution in [0.25, 0.3) is 16.9 Å². The number of hydrogen-bond donors (Lipinski definition) is 0. The van der Waals surface area contributed by atoms with Crippen LogP contribution in [0, 0.1) is 18.6 Å². The maximum absolute atomic E-state index is 14.6. The fourth-order valence-electron chi connectivity index (χ4n) is 6.35. The predicted octanol–water partition coefficient (Wildman–Crippen LogP) is 7.85. The fraction of sp³-hybridized carbons (Fsp3) is 0.222. The van der Waals surface area contributed by atoms with Crippen LogP contribution in [0.15, 0.2) is 91.3 Å². The van der Waals surface area contributed by atoms with Gasteiger partial charge in [0.15, 0.2) is 24.3 Å². The van der Waals surface area contributed by atoms with E-state index in [9.17, 15) is 13.6 Å². The first-order valence-corrected chi connectivity index (χ1v) is 17.5. The summed E-state index contributed by atoms with van der Waals surface area (Å²) in [6.07, 6.45) is -3.47. The van der Waals surface area contributed by atoms with Crippen molar-refractivity contribution in [2.75, 3.05) is 6.61 Å². The molecule has 0 saturated carbocycles. The molecule has 8 rings (SSSR count). The lowest BCUT2D eigenvalue weighted by Crippen LogP contribution is -2.58. The number of carbonyl (C=O) groups excluding carboxylic acids is 1. The van der Waals surface area contributed by atoms with E-state index in [1.54, 1.807) is 37.3 Å². The van der Waals surface area contributed by atoms with Crippen molar-refractivity contribution < 1.29 is 37.3 Å². The van der Waals surface area contributed by atoms with E-state index in [1.165, 1.54) is 27.8 Å². The Balaban J connectivity index is 1.27. The highest BCUT2D eigenvalue weighted by Gasteiger charge is 2.55. The number of nitrogens with zero attached hydrogens (tertiary/aromatic N) is 7. The number of hydrogen-bond acceptors (Lipinski definition) is 11. The highest BCUT2D eigenvalue weighted by Crippen LogP contribution is 2.46. The predicted molar refractivity (Wildman–Crippen MR) is 188 cm³/mol. The van der Waals surface area contributed by atoms with Crippen molar-refractivity contribution in [1.29, 1.82) is 0 Å². The maximum atomic E-state index is 14.6. The molecule has 0 amide bonds. The van der Waals surface area contributed by atoms with E-state index < -0.39 is 59.6 Å². The number of rotatable bonds is 7. The minimum atomic E-state index is -1.36. The lowest BCUT2D eigenvalue weighted by molar-refractivity contribution is -0.319. The van der Waals surface area contributed by atoms with Gasteiger partial charge in [0.2, 0.25) is 5.88 Å². The van der Waals surface area contributed by atoms with Crippen LogP contribution in [0.1, 0.15) is 35.6 Å². The Labute approximate surface area is 320 Å². The normalized spacial score (nSPS) is 22.4. The van der Waals surface area contributed by atoms with Crippen LogP contribution >= 0.6 is 34.8 Å². The van der Waals surface area contributed by atoms with Gasteiger partial charge in [0, 0.05) is 28.4 Å². The van der Waals surface area contributed by atoms with Gasteiger partial charge >= 0.3 is 6.16 Å². The van der Waals surface area contributed by atoms with Gasteiger partial charge < -0.3 is 23.7 Å². The third-order valence-electron chi connectivity index (χ3n) is 8.71. The highest BCUT2D eigenvalue weighted by molar-refractivity contribution is 6.34. The van der Waals surface area contributed by atoms with Crippen molar-refractivity contribution in [3.63, 3.8) is 0 Å². The molecule has 0 N–H and O–H groups in total. The minimum Gasteiger partial charge on any atom is -0.425 e. The second kappa shape index (κ2) is 15.0. The Hall–Kier alpha value is -5.03. The van der Waals surface area contributed by atoms with Gasteiger partial charge in [-0.1, -0.05) is 76.4 Å². The lowest BCUT2D eigenvalue weighted by Gasteiger charge is -2.48. The molecule has 0 aliphatic carbocycles. The average molecular weight is 797 g/mol. The zero-order valence-electron chi connectivity index (χ0n) is 27.8. The van der Waals surface area contributed by atoms with Gasteiger partial charge in [-0.3, -0.25) is 0 Å². The first-order chi connectivity index (χ1) is 26.1. The monoisotopic (exact) mass is 795 g/mol. The minimum absolute atomic E-state index is 0.0164. The van der Waals surface area contributed by atoms with Crippen molar-refractivity contribution in [1.82, 2.24) is 34.7 Å². The molecular weight excluding hydrogens is 771 g/mol. The Bertz CT molecular complexity index is 2300. The average Bonchev–Trinajstić information content (AvgIpc) is 3.82. The highest BCUT2D eigenvalue weighted by atomic mass is 35.5. The van der Waals surface area contributed by atoms with Crippen LogP contribution in [-0.4, -0.2) is 65.8 Å². The molecule has 0 bridgehead atoms. The molecule has 3 aromatic carbocycles. The molecule has 2 aliphatic heterocycles. The van der Waals surface area contributed by atoms with Crippen LogP contribution in [0.2, 0.25) is 15.1 Å². The SMILES string of the molecule is Cc1nc(C2OC3COC(c4ccccc4)OC3C(n3cc(-c4cc(F)c(Cl)c(F)c4)nn3)C2OC(=O)Oc2ccccn2)n(-c2cc(Cl)ccc2Cl)n1. The Morgan fingerprint density at radius 3 is 2.50 bits per heavy atom.